The summed E-state index contributed by atoms with van der Waals surface area (Å²) in [5.41, 5.74) is 2.04. The molecule has 0 saturated heterocycles. The van der Waals surface area contributed by atoms with E-state index >= 15 is 0 Å². The van der Waals surface area contributed by atoms with Crippen LogP contribution in [0.15, 0.2) is 48.8 Å². The van der Waals surface area contributed by atoms with Gasteiger partial charge in [0.25, 0.3) is 0 Å². The molecule has 0 fully saturated rings. The molecule has 0 saturated carbocycles. The van der Waals surface area contributed by atoms with Crippen LogP contribution in [0.1, 0.15) is 10.4 Å². The highest BCUT2D eigenvalue weighted by atomic mass is 19.1. The summed E-state index contributed by atoms with van der Waals surface area (Å²) in [4.78, 5) is 15.8. The van der Waals surface area contributed by atoms with Gasteiger partial charge in [-0.05, 0) is 36.4 Å². The van der Waals surface area contributed by atoms with E-state index in [0.29, 0.717) is 11.4 Å². The van der Waals surface area contributed by atoms with Crippen LogP contribution in [0.2, 0.25) is 0 Å². The average molecular weight is 270 g/mol. The van der Waals surface area contributed by atoms with Gasteiger partial charge in [0, 0.05) is 11.8 Å². The van der Waals surface area contributed by atoms with Crippen LogP contribution in [-0.4, -0.2) is 22.5 Å². The minimum Gasteiger partial charge on any atom is -0.465 e. The molecule has 0 unspecified atom stereocenters. The van der Waals surface area contributed by atoms with Gasteiger partial charge >= 0.3 is 5.97 Å². The first-order chi connectivity index (χ1) is 9.69. The van der Waals surface area contributed by atoms with Gasteiger partial charge in [0.05, 0.1) is 24.4 Å². The lowest BCUT2D eigenvalue weighted by atomic mass is 10.2. The Morgan fingerprint density at radius 1 is 1.25 bits per heavy atom. The SMILES string of the molecule is COC(=O)c1ccn2c(-c3ccc(F)cc3)ncc2c1. The molecule has 0 N–H and O–H groups in total. The third-order valence-electron chi connectivity index (χ3n) is 3.06. The van der Waals surface area contributed by atoms with Crippen LogP contribution >= 0.6 is 0 Å². The molecule has 0 radical (unpaired) electrons. The lowest BCUT2D eigenvalue weighted by Crippen LogP contribution is -2.01. The van der Waals surface area contributed by atoms with Crippen molar-refractivity contribution >= 4 is 11.5 Å². The molecule has 20 heavy (non-hydrogen) atoms. The minimum absolute atomic E-state index is 0.289. The van der Waals surface area contributed by atoms with Crippen molar-refractivity contribution in [1.29, 1.82) is 0 Å². The average Bonchev–Trinajstić information content (AvgIpc) is 2.90. The van der Waals surface area contributed by atoms with Crippen molar-refractivity contribution in [3.63, 3.8) is 0 Å². The predicted octanol–water partition coefficient (Wildman–Crippen LogP) is 2.93. The Morgan fingerprint density at radius 3 is 2.70 bits per heavy atom. The number of rotatable bonds is 2. The Balaban J connectivity index is 2.10. The molecule has 0 amide bonds. The zero-order valence-corrected chi connectivity index (χ0v) is 10.7. The number of carbonyl (C=O) groups excluding carboxylic acids is 1. The van der Waals surface area contributed by atoms with Crippen LogP contribution in [0, 0.1) is 5.82 Å². The molecule has 2 heterocycles. The second-order valence-electron chi connectivity index (χ2n) is 4.29. The van der Waals surface area contributed by atoms with E-state index in [2.05, 4.69) is 9.72 Å². The number of esters is 1. The number of hydrogen-bond donors (Lipinski definition) is 0. The highest BCUT2D eigenvalue weighted by Gasteiger charge is 2.10. The van der Waals surface area contributed by atoms with Crippen molar-refractivity contribution < 1.29 is 13.9 Å². The van der Waals surface area contributed by atoms with Crippen LogP contribution in [0.3, 0.4) is 0 Å². The van der Waals surface area contributed by atoms with E-state index in [1.54, 1.807) is 36.7 Å². The number of nitrogens with zero attached hydrogens (tertiary/aromatic N) is 2. The zero-order valence-electron chi connectivity index (χ0n) is 10.7. The summed E-state index contributed by atoms with van der Waals surface area (Å²) in [7, 11) is 1.34. The van der Waals surface area contributed by atoms with Gasteiger partial charge in [-0.15, -0.1) is 0 Å². The molecule has 4 nitrogen and oxygen atoms in total. The number of hydrogen-bond acceptors (Lipinski definition) is 3. The summed E-state index contributed by atoms with van der Waals surface area (Å²) in [6.45, 7) is 0. The smallest absolute Gasteiger partial charge is 0.337 e. The number of halogens is 1. The normalized spacial score (nSPS) is 10.7. The summed E-state index contributed by atoms with van der Waals surface area (Å²) in [6.07, 6.45) is 3.40. The molecule has 0 aliphatic carbocycles. The highest BCUT2D eigenvalue weighted by molar-refractivity contribution is 5.90. The summed E-state index contributed by atoms with van der Waals surface area (Å²) in [5.74, 6) is 0.0102. The van der Waals surface area contributed by atoms with Crippen LogP contribution in [-0.2, 0) is 4.74 Å². The number of benzene rings is 1. The molecule has 1 aromatic carbocycles. The molecule has 0 aliphatic rings. The third-order valence-corrected chi connectivity index (χ3v) is 3.06. The molecule has 5 heteroatoms. The number of imidazole rings is 1. The van der Waals surface area contributed by atoms with Crippen molar-refractivity contribution in [1.82, 2.24) is 9.38 Å². The quantitative estimate of drug-likeness (QED) is 0.672. The van der Waals surface area contributed by atoms with E-state index in [1.165, 1.54) is 19.2 Å². The Kier molecular flexibility index (Phi) is 2.95. The lowest BCUT2D eigenvalue weighted by Gasteiger charge is -2.03. The molecule has 100 valence electrons. The van der Waals surface area contributed by atoms with Crippen molar-refractivity contribution in [3.05, 3.63) is 60.2 Å². The first-order valence-electron chi connectivity index (χ1n) is 6.00. The Labute approximate surface area is 114 Å². The maximum absolute atomic E-state index is 12.9. The molecule has 0 aliphatic heterocycles. The van der Waals surface area contributed by atoms with Gasteiger partial charge in [0.1, 0.15) is 11.6 Å². The van der Waals surface area contributed by atoms with Crippen LogP contribution in [0.25, 0.3) is 16.9 Å². The Hall–Kier alpha value is -2.69. The number of methoxy groups -OCH3 is 1. The second kappa shape index (κ2) is 4.77. The fourth-order valence-electron chi connectivity index (χ4n) is 2.06. The topological polar surface area (TPSA) is 43.6 Å². The fraction of sp³-hybridized carbons (Fsp3) is 0.0667. The summed E-state index contributed by atoms with van der Waals surface area (Å²) in [6, 6.07) is 9.47. The first kappa shape index (κ1) is 12.3. The number of aromatic nitrogens is 2. The van der Waals surface area contributed by atoms with Gasteiger partial charge in [-0.2, -0.15) is 0 Å². The molecule has 2 aromatic heterocycles. The van der Waals surface area contributed by atoms with E-state index in [4.69, 9.17) is 0 Å². The van der Waals surface area contributed by atoms with Crippen molar-refractivity contribution in [2.24, 2.45) is 0 Å². The minimum atomic E-state index is -0.392. The molecule has 0 atom stereocenters. The number of ether oxygens (including phenoxy) is 1. The molecule has 0 bridgehead atoms. The summed E-state index contributed by atoms with van der Waals surface area (Å²) in [5, 5.41) is 0. The highest BCUT2D eigenvalue weighted by Crippen LogP contribution is 2.21. The van der Waals surface area contributed by atoms with Gasteiger partial charge in [0.2, 0.25) is 0 Å². The van der Waals surface area contributed by atoms with Crippen LogP contribution in [0.4, 0.5) is 4.39 Å². The zero-order chi connectivity index (χ0) is 14.1. The van der Waals surface area contributed by atoms with E-state index in [0.717, 1.165) is 11.1 Å². The number of carbonyl (C=O) groups is 1. The maximum atomic E-state index is 12.9. The molecule has 0 spiro atoms. The van der Waals surface area contributed by atoms with Crippen LogP contribution < -0.4 is 0 Å². The maximum Gasteiger partial charge on any atom is 0.337 e. The van der Waals surface area contributed by atoms with Gasteiger partial charge in [-0.3, -0.25) is 4.40 Å². The summed E-state index contributed by atoms with van der Waals surface area (Å²) < 4.78 is 19.5. The number of pyridine rings is 1. The lowest BCUT2D eigenvalue weighted by molar-refractivity contribution is 0.0600. The second-order valence-corrected chi connectivity index (χ2v) is 4.29. The molecular weight excluding hydrogens is 259 g/mol. The Bertz CT molecular complexity index is 778. The van der Waals surface area contributed by atoms with Crippen molar-refractivity contribution in [3.8, 4) is 11.4 Å². The first-order valence-corrected chi connectivity index (χ1v) is 6.00. The Morgan fingerprint density at radius 2 is 2.00 bits per heavy atom. The van der Waals surface area contributed by atoms with Crippen molar-refractivity contribution in [2.75, 3.05) is 7.11 Å². The van der Waals surface area contributed by atoms with E-state index < -0.39 is 5.97 Å². The van der Waals surface area contributed by atoms with Gasteiger partial charge in [-0.25, -0.2) is 14.2 Å². The predicted molar refractivity (Wildman–Crippen MR) is 71.9 cm³/mol. The van der Waals surface area contributed by atoms with E-state index in [9.17, 15) is 9.18 Å². The van der Waals surface area contributed by atoms with Gasteiger partial charge in [0.15, 0.2) is 0 Å². The summed E-state index contributed by atoms with van der Waals surface area (Å²) >= 11 is 0. The standard InChI is InChI=1S/C15H11FN2O2/c1-20-15(19)11-6-7-18-13(8-11)9-17-14(18)10-2-4-12(16)5-3-10/h2-9H,1H3. The van der Waals surface area contributed by atoms with Crippen molar-refractivity contribution in [2.45, 2.75) is 0 Å². The van der Waals surface area contributed by atoms with Gasteiger partial charge in [-0.1, -0.05) is 0 Å². The molecule has 3 rings (SSSR count). The van der Waals surface area contributed by atoms with Gasteiger partial charge < -0.3 is 4.74 Å². The van der Waals surface area contributed by atoms with Crippen LogP contribution in [0.5, 0.6) is 0 Å². The van der Waals surface area contributed by atoms with E-state index in [1.807, 2.05) is 4.40 Å². The number of fused-ring (bicyclic) bond motifs is 1. The monoisotopic (exact) mass is 270 g/mol. The van der Waals surface area contributed by atoms with E-state index in [-0.39, 0.29) is 5.82 Å². The third kappa shape index (κ3) is 2.03. The fourth-order valence-corrected chi connectivity index (χ4v) is 2.06. The molecular formula is C15H11FN2O2. The largest absolute Gasteiger partial charge is 0.465 e. The molecule has 3 aromatic rings.